The first kappa shape index (κ1) is 15.1. The first-order valence-corrected chi connectivity index (χ1v) is 7.49. The van der Waals surface area contributed by atoms with E-state index in [9.17, 15) is 9.59 Å². The Morgan fingerprint density at radius 1 is 1.26 bits per heavy atom. The van der Waals surface area contributed by atoms with E-state index in [2.05, 4.69) is 20.4 Å². The lowest BCUT2D eigenvalue weighted by atomic mass is 10.2. The summed E-state index contributed by atoms with van der Waals surface area (Å²) in [6.45, 7) is 2.96. The molecule has 8 heteroatoms. The molecule has 3 heterocycles. The molecule has 1 N–H and O–H groups in total. The Bertz CT molecular complexity index is 694. The molecule has 0 unspecified atom stereocenters. The van der Waals surface area contributed by atoms with Crippen molar-refractivity contribution >= 4 is 11.8 Å². The minimum absolute atomic E-state index is 0.249. The fourth-order valence-corrected chi connectivity index (χ4v) is 2.41. The van der Waals surface area contributed by atoms with Gasteiger partial charge in [-0.3, -0.25) is 14.6 Å². The molecule has 2 aromatic heterocycles. The van der Waals surface area contributed by atoms with Gasteiger partial charge in [-0.05, 0) is 31.9 Å². The molecule has 120 valence electrons. The highest BCUT2D eigenvalue weighted by Gasteiger charge is 2.27. The van der Waals surface area contributed by atoms with Gasteiger partial charge in [0.1, 0.15) is 6.04 Å². The highest BCUT2D eigenvalue weighted by atomic mass is 16.5. The van der Waals surface area contributed by atoms with Crippen LogP contribution < -0.4 is 5.32 Å². The molecular weight excluding hydrogens is 298 g/mol. The van der Waals surface area contributed by atoms with E-state index >= 15 is 0 Å². The highest BCUT2D eigenvalue weighted by molar-refractivity contribution is 6.35. The van der Waals surface area contributed by atoms with E-state index in [1.165, 1.54) is 0 Å². The smallest absolute Gasteiger partial charge is 0.311 e. The number of nitrogens with one attached hydrogen (secondary N) is 1. The summed E-state index contributed by atoms with van der Waals surface area (Å²) >= 11 is 0. The van der Waals surface area contributed by atoms with Crippen molar-refractivity contribution in [2.24, 2.45) is 0 Å². The third kappa shape index (κ3) is 3.36. The third-order valence-electron chi connectivity index (χ3n) is 3.69. The molecule has 1 saturated heterocycles. The number of pyridine rings is 1. The number of nitrogens with zero attached hydrogens (tertiary/aromatic N) is 4. The van der Waals surface area contributed by atoms with E-state index in [1.807, 2.05) is 0 Å². The highest BCUT2D eigenvalue weighted by Crippen LogP contribution is 2.17. The van der Waals surface area contributed by atoms with Crippen molar-refractivity contribution in [3.05, 3.63) is 30.4 Å². The Balaban J connectivity index is 1.64. The molecule has 0 bridgehead atoms. The van der Waals surface area contributed by atoms with E-state index in [0.717, 1.165) is 18.4 Å². The predicted molar refractivity (Wildman–Crippen MR) is 79.9 cm³/mol. The van der Waals surface area contributed by atoms with Crippen LogP contribution >= 0.6 is 0 Å². The van der Waals surface area contributed by atoms with Crippen molar-refractivity contribution in [2.45, 2.75) is 25.8 Å². The summed E-state index contributed by atoms with van der Waals surface area (Å²) in [4.78, 5) is 33.7. The predicted octanol–water partition coefficient (Wildman–Crippen LogP) is 0.931. The van der Waals surface area contributed by atoms with Gasteiger partial charge in [0.15, 0.2) is 0 Å². The minimum Gasteiger partial charge on any atom is -0.337 e. The first-order chi connectivity index (χ1) is 11.1. The molecule has 1 fully saturated rings. The van der Waals surface area contributed by atoms with Crippen LogP contribution in [0.25, 0.3) is 11.4 Å². The molecular formula is C15H17N5O3. The van der Waals surface area contributed by atoms with Gasteiger partial charge in [0.05, 0.1) is 0 Å². The van der Waals surface area contributed by atoms with Gasteiger partial charge in [-0.1, -0.05) is 5.16 Å². The summed E-state index contributed by atoms with van der Waals surface area (Å²) in [5.74, 6) is -0.500. The summed E-state index contributed by atoms with van der Waals surface area (Å²) in [5, 5.41) is 6.48. The van der Waals surface area contributed by atoms with E-state index in [0.29, 0.717) is 18.9 Å². The molecule has 1 aliphatic heterocycles. The number of amides is 2. The number of aromatic nitrogens is 3. The van der Waals surface area contributed by atoms with E-state index in [-0.39, 0.29) is 5.89 Å². The van der Waals surface area contributed by atoms with Crippen LogP contribution in [0.1, 0.15) is 31.7 Å². The zero-order valence-corrected chi connectivity index (χ0v) is 12.7. The number of carbonyl (C=O) groups excluding carboxylic acids is 2. The molecule has 0 saturated carbocycles. The Morgan fingerprint density at radius 3 is 2.65 bits per heavy atom. The van der Waals surface area contributed by atoms with Crippen molar-refractivity contribution in [3.8, 4) is 11.4 Å². The summed E-state index contributed by atoms with van der Waals surface area (Å²) < 4.78 is 5.17. The van der Waals surface area contributed by atoms with Crippen molar-refractivity contribution in [1.82, 2.24) is 25.3 Å². The molecule has 2 aromatic rings. The van der Waals surface area contributed by atoms with Gasteiger partial charge in [-0.25, -0.2) is 0 Å². The summed E-state index contributed by atoms with van der Waals surface area (Å²) in [7, 11) is 0. The lowest BCUT2D eigenvalue weighted by Gasteiger charge is -2.16. The minimum atomic E-state index is -0.650. The van der Waals surface area contributed by atoms with Gasteiger partial charge in [0.2, 0.25) is 11.7 Å². The Morgan fingerprint density at radius 2 is 1.96 bits per heavy atom. The number of hydrogen-bond donors (Lipinski definition) is 1. The van der Waals surface area contributed by atoms with E-state index in [4.69, 9.17) is 4.52 Å². The van der Waals surface area contributed by atoms with Crippen LogP contribution in [-0.2, 0) is 9.59 Å². The Kier molecular flexibility index (Phi) is 4.31. The molecule has 0 aromatic carbocycles. The van der Waals surface area contributed by atoms with Gasteiger partial charge < -0.3 is 14.7 Å². The molecule has 0 radical (unpaired) electrons. The lowest BCUT2D eigenvalue weighted by Crippen LogP contribution is -2.42. The zero-order chi connectivity index (χ0) is 16.2. The number of hydrogen-bond acceptors (Lipinski definition) is 6. The molecule has 8 nitrogen and oxygen atoms in total. The molecule has 2 amide bonds. The average molecular weight is 315 g/mol. The van der Waals surface area contributed by atoms with Crippen LogP contribution in [0.5, 0.6) is 0 Å². The first-order valence-electron chi connectivity index (χ1n) is 7.49. The molecule has 0 spiro atoms. The molecule has 23 heavy (non-hydrogen) atoms. The van der Waals surface area contributed by atoms with Gasteiger partial charge in [-0.2, -0.15) is 4.98 Å². The van der Waals surface area contributed by atoms with Crippen LogP contribution in [0, 0.1) is 0 Å². The van der Waals surface area contributed by atoms with Crippen LogP contribution in [-0.4, -0.2) is 44.9 Å². The van der Waals surface area contributed by atoms with Crippen LogP contribution in [0.15, 0.2) is 29.0 Å². The van der Waals surface area contributed by atoms with Gasteiger partial charge in [-0.15, -0.1) is 0 Å². The standard InChI is InChI=1S/C15H17N5O3/c1-10(17-13(21)15(22)20-8-2-3-9-20)14-18-12(19-23-14)11-4-6-16-7-5-11/h4-7,10H,2-3,8-9H2,1H3,(H,17,21)/t10-/m0/s1. The number of carbonyl (C=O) groups is 2. The lowest BCUT2D eigenvalue weighted by molar-refractivity contribution is -0.145. The largest absolute Gasteiger partial charge is 0.337 e. The van der Waals surface area contributed by atoms with E-state index in [1.54, 1.807) is 36.4 Å². The average Bonchev–Trinajstić information content (AvgIpc) is 3.26. The van der Waals surface area contributed by atoms with Gasteiger partial charge in [0.25, 0.3) is 0 Å². The zero-order valence-electron chi connectivity index (χ0n) is 12.7. The Labute approximate surface area is 132 Å². The normalized spacial score (nSPS) is 15.4. The van der Waals surface area contributed by atoms with Crippen molar-refractivity contribution in [1.29, 1.82) is 0 Å². The summed E-state index contributed by atoms with van der Waals surface area (Å²) in [6, 6.07) is 2.97. The van der Waals surface area contributed by atoms with Crippen molar-refractivity contribution in [3.63, 3.8) is 0 Å². The molecule has 3 rings (SSSR count). The van der Waals surface area contributed by atoms with Crippen LogP contribution in [0.3, 0.4) is 0 Å². The number of rotatable bonds is 3. The maximum absolute atomic E-state index is 12.0. The molecule has 1 aliphatic rings. The summed E-state index contributed by atoms with van der Waals surface area (Å²) in [6.07, 6.45) is 5.14. The quantitative estimate of drug-likeness (QED) is 0.846. The molecule has 0 aliphatic carbocycles. The van der Waals surface area contributed by atoms with Crippen LogP contribution in [0.2, 0.25) is 0 Å². The second-order valence-electron chi connectivity index (χ2n) is 5.39. The van der Waals surface area contributed by atoms with Gasteiger partial charge in [0, 0.05) is 31.0 Å². The molecule has 1 atom stereocenters. The topological polar surface area (TPSA) is 101 Å². The third-order valence-corrected chi connectivity index (χ3v) is 3.69. The maximum Gasteiger partial charge on any atom is 0.311 e. The maximum atomic E-state index is 12.0. The number of likely N-dealkylation sites (tertiary alicyclic amines) is 1. The van der Waals surface area contributed by atoms with E-state index < -0.39 is 17.9 Å². The van der Waals surface area contributed by atoms with Gasteiger partial charge >= 0.3 is 11.8 Å². The fourth-order valence-electron chi connectivity index (χ4n) is 2.41. The second kappa shape index (κ2) is 6.55. The van der Waals surface area contributed by atoms with Crippen molar-refractivity contribution in [2.75, 3.05) is 13.1 Å². The fraction of sp³-hybridized carbons (Fsp3) is 0.400. The summed E-state index contributed by atoms with van der Waals surface area (Å²) in [5.41, 5.74) is 0.765. The van der Waals surface area contributed by atoms with Crippen LogP contribution in [0.4, 0.5) is 0 Å². The monoisotopic (exact) mass is 315 g/mol. The Hall–Kier alpha value is -2.77. The second-order valence-corrected chi connectivity index (χ2v) is 5.39. The SMILES string of the molecule is C[C@H](NC(=O)C(=O)N1CCCC1)c1nc(-c2ccncc2)no1. The van der Waals surface area contributed by atoms with Crippen molar-refractivity contribution < 1.29 is 14.1 Å².